The Morgan fingerprint density at radius 2 is 2.04 bits per heavy atom. The van der Waals surface area contributed by atoms with Gasteiger partial charge in [-0.1, -0.05) is 18.6 Å². The second kappa shape index (κ2) is 7.23. The molecule has 3 aromatic rings. The number of likely N-dealkylation sites (N-methyl/N-ethyl adjacent to an activating group) is 1. The molecular weight excluding hydrogens is 310 g/mol. The molecule has 5 nitrogen and oxygen atoms in total. The highest BCUT2D eigenvalue weighted by Crippen LogP contribution is 2.24. The molecule has 0 unspecified atom stereocenters. The van der Waals surface area contributed by atoms with Gasteiger partial charge in [-0.05, 0) is 44.1 Å². The lowest BCUT2D eigenvalue weighted by Gasteiger charge is -2.29. The molecule has 0 bridgehead atoms. The second-order valence-electron chi connectivity index (χ2n) is 6.85. The number of nitrogens with zero attached hydrogens (tertiary/aromatic N) is 4. The summed E-state index contributed by atoms with van der Waals surface area (Å²) in [7, 11) is 2.17. The van der Waals surface area contributed by atoms with Crippen molar-refractivity contribution in [3.63, 3.8) is 0 Å². The van der Waals surface area contributed by atoms with Crippen LogP contribution in [0.15, 0.2) is 42.7 Å². The van der Waals surface area contributed by atoms with Gasteiger partial charge in [-0.3, -0.25) is 4.98 Å². The van der Waals surface area contributed by atoms with Gasteiger partial charge in [0.25, 0.3) is 0 Å². The molecule has 130 valence electrons. The zero-order valence-corrected chi connectivity index (χ0v) is 14.8. The number of hydrogen-bond donors (Lipinski definition) is 1. The molecule has 1 saturated heterocycles. The van der Waals surface area contributed by atoms with E-state index in [1.54, 1.807) is 6.20 Å². The van der Waals surface area contributed by atoms with E-state index < -0.39 is 0 Å². The maximum absolute atomic E-state index is 4.68. The Morgan fingerprint density at radius 3 is 2.88 bits per heavy atom. The zero-order valence-electron chi connectivity index (χ0n) is 14.8. The highest BCUT2D eigenvalue weighted by atomic mass is 15.2. The van der Waals surface area contributed by atoms with Crippen molar-refractivity contribution in [1.82, 2.24) is 19.9 Å². The summed E-state index contributed by atoms with van der Waals surface area (Å²) in [5.41, 5.74) is 4.27. The summed E-state index contributed by atoms with van der Waals surface area (Å²) in [6.45, 7) is 4.69. The van der Waals surface area contributed by atoms with E-state index in [9.17, 15) is 0 Å². The molecule has 1 aliphatic heterocycles. The summed E-state index contributed by atoms with van der Waals surface area (Å²) in [6.07, 6.45) is 7.68. The molecule has 1 fully saturated rings. The monoisotopic (exact) mass is 335 g/mol. The molecular formula is C20H25N5. The van der Waals surface area contributed by atoms with Crippen molar-refractivity contribution >= 4 is 16.7 Å². The number of pyridine rings is 1. The molecule has 4 rings (SSSR count). The normalized spacial score (nSPS) is 15.6. The van der Waals surface area contributed by atoms with Gasteiger partial charge in [-0.2, -0.15) is 0 Å². The first-order valence-corrected chi connectivity index (χ1v) is 9.13. The van der Waals surface area contributed by atoms with Crippen LogP contribution in [-0.2, 0) is 0 Å². The lowest BCUT2D eigenvalue weighted by Crippen LogP contribution is -2.36. The van der Waals surface area contributed by atoms with Crippen LogP contribution in [0.2, 0.25) is 0 Å². The van der Waals surface area contributed by atoms with Crippen molar-refractivity contribution in [3.05, 3.63) is 42.7 Å². The maximum Gasteiger partial charge on any atom is 0.138 e. The third kappa shape index (κ3) is 3.66. The summed E-state index contributed by atoms with van der Waals surface area (Å²) < 4.78 is 0. The largest absolute Gasteiger partial charge is 0.373 e. The SMILES string of the molecule is CN(CCN1CCCCC1)c1cccc(-c2nc3ccncc3[nH]2)c1. The summed E-state index contributed by atoms with van der Waals surface area (Å²) in [5, 5.41) is 0. The van der Waals surface area contributed by atoms with Gasteiger partial charge in [0.2, 0.25) is 0 Å². The van der Waals surface area contributed by atoms with Crippen LogP contribution in [0, 0.1) is 0 Å². The van der Waals surface area contributed by atoms with E-state index in [1.165, 1.54) is 38.0 Å². The molecule has 5 heteroatoms. The number of imidazole rings is 1. The summed E-state index contributed by atoms with van der Waals surface area (Å²) in [5.74, 6) is 0.897. The van der Waals surface area contributed by atoms with Crippen LogP contribution in [0.3, 0.4) is 0 Å². The first-order valence-electron chi connectivity index (χ1n) is 9.13. The molecule has 0 aliphatic carbocycles. The molecule has 0 saturated carbocycles. The summed E-state index contributed by atoms with van der Waals surface area (Å²) in [6, 6.07) is 10.5. The molecule has 1 aromatic carbocycles. The van der Waals surface area contributed by atoms with Gasteiger partial charge < -0.3 is 14.8 Å². The maximum atomic E-state index is 4.68. The minimum absolute atomic E-state index is 0.897. The van der Waals surface area contributed by atoms with E-state index >= 15 is 0 Å². The Morgan fingerprint density at radius 1 is 1.16 bits per heavy atom. The molecule has 0 atom stereocenters. The minimum atomic E-state index is 0.897. The predicted molar refractivity (Wildman–Crippen MR) is 103 cm³/mol. The smallest absolute Gasteiger partial charge is 0.138 e. The van der Waals surface area contributed by atoms with Gasteiger partial charge in [-0.15, -0.1) is 0 Å². The van der Waals surface area contributed by atoms with Crippen LogP contribution >= 0.6 is 0 Å². The first kappa shape index (κ1) is 16.1. The van der Waals surface area contributed by atoms with Gasteiger partial charge in [-0.25, -0.2) is 4.98 Å². The zero-order chi connectivity index (χ0) is 17.1. The Bertz CT molecular complexity index is 802. The number of benzene rings is 1. The van der Waals surface area contributed by atoms with E-state index in [1.807, 2.05) is 12.3 Å². The Balaban J connectivity index is 1.48. The molecule has 1 aliphatic rings. The van der Waals surface area contributed by atoms with Crippen LogP contribution in [0.5, 0.6) is 0 Å². The molecule has 2 aromatic heterocycles. The number of rotatable bonds is 5. The highest BCUT2D eigenvalue weighted by molar-refractivity contribution is 5.78. The fourth-order valence-electron chi connectivity index (χ4n) is 3.49. The van der Waals surface area contributed by atoms with Crippen molar-refractivity contribution in [2.45, 2.75) is 19.3 Å². The number of H-pyrrole nitrogens is 1. The number of nitrogens with one attached hydrogen (secondary N) is 1. The fraction of sp³-hybridized carbons (Fsp3) is 0.400. The van der Waals surface area contributed by atoms with Crippen LogP contribution in [0.4, 0.5) is 5.69 Å². The van der Waals surface area contributed by atoms with Gasteiger partial charge >= 0.3 is 0 Å². The number of piperidine rings is 1. The Kier molecular flexibility index (Phi) is 4.65. The number of aromatic nitrogens is 3. The van der Waals surface area contributed by atoms with Crippen molar-refractivity contribution in [1.29, 1.82) is 0 Å². The number of anilines is 1. The lowest BCUT2D eigenvalue weighted by molar-refractivity contribution is 0.234. The van der Waals surface area contributed by atoms with Crippen molar-refractivity contribution in [2.75, 3.05) is 38.1 Å². The molecule has 3 heterocycles. The first-order chi connectivity index (χ1) is 12.3. The standard InChI is InChI=1S/C20H25N5/c1-24(12-13-25-10-3-2-4-11-25)17-7-5-6-16(14-17)20-22-18-8-9-21-15-19(18)23-20/h5-9,14-15H,2-4,10-13H2,1H3,(H,22,23). The number of aromatic amines is 1. The van der Waals surface area contributed by atoms with Crippen LogP contribution < -0.4 is 4.90 Å². The molecule has 1 N–H and O–H groups in total. The van der Waals surface area contributed by atoms with Crippen molar-refractivity contribution in [3.8, 4) is 11.4 Å². The average Bonchev–Trinajstić information content (AvgIpc) is 3.11. The molecule has 25 heavy (non-hydrogen) atoms. The van der Waals surface area contributed by atoms with Crippen LogP contribution in [-0.4, -0.2) is 53.1 Å². The van der Waals surface area contributed by atoms with E-state index in [0.29, 0.717) is 0 Å². The third-order valence-electron chi connectivity index (χ3n) is 5.04. The molecule has 0 amide bonds. The van der Waals surface area contributed by atoms with Gasteiger partial charge in [0.15, 0.2) is 0 Å². The number of fused-ring (bicyclic) bond motifs is 1. The number of hydrogen-bond acceptors (Lipinski definition) is 4. The quantitative estimate of drug-likeness (QED) is 0.775. The van der Waals surface area contributed by atoms with E-state index in [-0.39, 0.29) is 0 Å². The second-order valence-corrected chi connectivity index (χ2v) is 6.85. The van der Waals surface area contributed by atoms with E-state index in [2.05, 4.69) is 56.1 Å². The summed E-state index contributed by atoms with van der Waals surface area (Å²) >= 11 is 0. The lowest BCUT2D eigenvalue weighted by atomic mass is 10.1. The fourth-order valence-corrected chi connectivity index (χ4v) is 3.49. The minimum Gasteiger partial charge on any atom is -0.373 e. The number of likely N-dealkylation sites (tertiary alicyclic amines) is 1. The van der Waals surface area contributed by atoms with Crippen LogP contribution in [0.25, 0.3) is 22.4 Å². The van der Waals surface area contributed by atoms with Crippen molar-refractivity contribution in [2.24, 2.45) is 0 Å². The highest BCUT2D eigenvalue weighted by Gasteiger charge is 2.12. The Hall–Kier alpha value is -2.40. The van der Waals surface area contributed by atoms with Gasteiger partial charge in [0, 0.05) is 37.6 Å². The molecule has 0 radical (unpaired) electrons. The average molecular weight is 335 g/mol. The topological polar surface area (TPSA) is 48.1 Å². The van der Waals surface area contributed by atoms with E-state index in [4.69, 9.17) is 0 Å². The van der Waals surface area contributed by atoms with Crippen LogP contribution in [0.1, 0.15) is 19.3 Å². The summed E-state index contributed by atoms with van der Waals surface area (Å²) in [4.78, 5) is 17.1. The third-order valence-corrected chi connectivity index (χ3v) is 5.04. The van der Waals surface area contributed by atoms with Gasteiger partial charge in [0.1, 0.15) is 5.82 Å². The molecule has 0 spiro atoms. The van der Waals surface area contributed by atoms with Gasteiger partial charge in [0.05, 0.1) is 17.2 Å². The van der Waals surface area contributed by atoms with E-state index in [0.717, 1.165) is 35.5 Å². The predicted octanol–water partition coefficient (Wildman–Crippen LogP) is 3.55. The van der Waals surface area contributed by atoms with Crippen molar-refractivity contribution < 1.29 is 0 Å². The Labute approximate surface area is 148 Å².